The summed E-state index contributed by atoms with van der Waals surface area (Å²) in [6.45, 7) is 10.1. The summed E-state index contributed by atoms with van der Waals surface area (Å²) in [7, 11) is 2.21. The van der Waals surface area contributed by atoms with Crippen molar-refractivity contribution in [3.05, 3.63) is 23.9 Å². The van der Waals surface area contributed by atoms with E-state index in [2.05, 4.69) is 56.8 Å². The highest BCUT2D eigenvalue weighted by Crippen LogP contribution is 2.35. The molecule has 0 N–H and O–H groups in total. The Hall–Kier alpha value is -1.09. The summed E-state index contributed by atoms with van der Waals surface area (Å²) < 4.78 is 6.10. The molecule has 0 aromatic carbocycles. The molecule has 0 saturated heterocycles. The molecule has 1 heterocycles. The van der Waals surface area contributed by atoms with Crippen LogP contribution in [0.3, 0.4) is 0 Å². The van der Waals surface area contributed by atoms with Crippen LogP contribution >= 0.6 is 0 Å². The van der Waals surface area contributed by atoms with Gasteiger partial charge in [0, 0.05) is 18.3 Å². The van der Waals surface area contributed by atoms with Crippen LogP contribution in [-0.2, 0) is 6.42 Å². The third-order valence-electron chi connectivity index (χ3n) is 5.05. The largest absolute Gasteiger partial charge is 0.474 e. The third kappa shape index (κ3) is 4.70. The van der Waals surface area contributed by atoms with Gasteiger partial charge in [0.25, 0.3) is 0 Å². The maximum absolute atomic E-state index is 6.10. The van der Waals surface area contributed by atoms with E-state index >= 15 is 0 Å². The standard InChI is InChI=1S/C19H32N2O/c1-6-21(5)18-12-17(13-18)15(4)22-19-11-16(9-10-20-19)8-7-14(2)3/h9-11,14-15,17-18H,6-8,12-13H2,1-5H3/t15-,17?,18?/m1/s1. The van der Waals surface area contributed by atoms with E-state index in [1.165, 1.54) is 24.8 Å². The van der Waals surface area contributed by atoms with Gasteiger partial charge in [0.1, 0.15) is 6.10 Å². The van der Waals surface area contributed by atoms with Gasteiger partial charge in [0.05, 0.1) is 0 Å². The van der Waals surface area contributed by atoms with Gasteiger partial charge in [-0.1, -0.05) is 20.8 Å². The summed E-state index contributed by atoms with van der Waals surface area (Å²) >= 11 is 0. The van der Waals surface area contributed by atoms with E-state index in [0.717, 1.165) is 30.8 Å². The summed E-state index contributed by atoms with van der Waals surface area (Å²) in [5, 5.41) is 0. The molecule has 1 aliphatic carbocycles. The van der Waals surface area contributed by atoms with Gasteiger partial charge in [-0.3, -0.25) is 0 Å². The second kappa shape index (κ2) is 7.96. The lowest BCUT2D eigenvalue weighted by Gasteiger charge is -2.43. The van der Waals surface area contributed by atoms with E-state index in [1.807, 2.05) is 6.20 Å². The monoisotopic (exact) mass is 304 g/mol. The first-order chi connectivity index (χ1) is 10.5. The van der Waals surface area contributed by atoms with Crippen molar-refractivity contribution in [2.45, 2.75) is 65.5 Å². The molecule has 1 atom stereocenters. The van der Waals surface area contributed by atoms with E-state index < -0.39 is 0 Å². The van der Waals surface area contributed by atoms with Crippen LogP contribution in [-0.4, -0.2) is 35.6 Å². The van der Waals surface area contributed by atoms with Crippen LogP contribution in [0.25, 0.3) is 0 Å². The second-order valence-corrected chi connectivity index (χ2v) is 7.22. The summed E-state index contributed by atoms with van der Waals surface area (Å²) in [5.41, 5.74) is 1.34. The van der Waals surface area contributed by atoms with Crippen molar-refractivity contribution in [2.75, 3.05) is 13.6 Å². The Morgan fingerprint density at radius 3 is 2.68 bits per heavy atom. The first-order valence-corrected chi connectivity index (χ1v) is 8.81. The molecule has 3 nitrogen and oxygen atoms in total. The molecule has 3 heteroatoms. The fraction of sp³-hybridized carbons (Fsp3) is 0.737. The highest BCUT2D eigenvalue weighted by Gasteiger charge is 2.36. The lowest BCUT2D eigenvalue weighted by Crippen LogP contribution is -2.47. The molecule has 0 unspecified atom stereocenters. The van der Waals surface area contributed by atoms with Crippen LogP contribution in [0.1, 0.15) is 52.5 Å². The molecular weight excluding hydrogens is 272 g/mol. The van der Waals surface area contributed by atoms with Gasteiger partial charge in [-0.2, -0.15) is 0 Å². The van der Waals surface area contributed by atoms with Crippen LogP contribution < -0.4 is 4.74 Å². The number of aromatic nitrogens is 1. The molecule has 1 saturated carbocycles. The van der Waals surface area contributed by atoms with Gasteiger partial charge in [0.2, 0.25) is 5.88 Å². The van der Waals surface area contributed by atoms with Crippen LogP contribution in [0, 0.1) is 11.8 Å². The van der Waals surface area contributed by atoms with Gasteiger partial charge >= 0.3 is 0 Å². The molecule has 0 aliphatic heterocycles. The predicted molar refractivity (Wildman–Crippen MR) is 92.3 cm³/mol. The fourth-order valence-electron chi connectivity index (χ4n) is 3.04. The maximum atomic E-state index is 6.10. The van der Waals surface area contributed by atoms with Crippen LogP contribution in [0.5, 0.6) is 5.88 Å². The molecule has 1 aromatic heterocycles. The minimum absolute atomic E-state index is 0.259. The molecule has 0 radical (unpaired) electrons. The average molecular weight is 304 g/mol. The van der Waals surface area contributed by atoms with Crippen molar-refractivity contribution in [2.24, 2.45) is 11.8 Å². The summed E-state index contributed by atoms with van der Waals surface area (Å²) in [6.07, 6.45) is 6.96. The molecule has 1 fully saturated rings. The molecule has 1 aliphatic rings. The van der Waals surface area contributed by atoms with Crippen molar-refractivity contribution < 1.29 is 4.74 Å². The smallest absolute Gasteiger partial charge is 0.213 e. The van der Waals surface area contributed by atoms with Gasteiger partial charge in [0.15, 0.2) is 0 Å². The number of aryl methyl sites for hydroxylation is 1. The Morgan fingerprint density at radius 1 is 1.32 bits per heavy atom. The highest BCUT2D eigenvalue weighted by atomic mass is 16.5. The van der Waals surface area contributed by atoms with Crippen molar-refractivity contribution in [1.82, 2.24) is 9.88 Å². The van der Waals surface area contributed by atoms with E-state index in [1.54, 1.807) is 0 Å². The van der Waals surface area contributed by atoms with Gasteiger partial charge in [-0.25, -0.2) is 4.98 Å². The topological polar surface area (TPSA) is 25.4 Å². The van der Waals surface area contributed by atoms with Crippen LogP contribution in [0.4, 0.5) is 0 Å². The first kappa shape index (κ1) is 17.3. The molecule has 2 rings (SSSR count). The number of nitrogens with zero attached hydrogens (tertiary/aromatic N) is 2. The van der Waals surface area contributed by atoms with Crippen LogP contribution in [0.15, 0.2) is 18.3 Å². The highest BCUT2D eigenvalue weighted by molar-refractivity contribution is 5.21. The van der Waals surface area contributed by atoms with E-state index in [9.17, 15) is 0 Å². The predicted octanol–water partition coefficient (Wildman–Crippen LogP) is 4.17. The molecular formula is C19H32N2O. The lowest BCUT2D eigenvalue weighted by atomic mass is 9.76. The zero-order valence-corrected chi connectivity index (χ0v) is 14.9. The van der Waals surface area contributed by atoms with E-state index in [-0.39, 0.29) is 6.10 Å². The van der Waals surface area contributed by atoms with Crippen molar-refractivity contribution in [3.8, 4) is 5.88 Å². The normalized spacial score (nSPS) is 22.7. The summed E-state index contributed by atoms with van der Waals surface area (Å²) in [4.78, 5) is 6.82. The quantitative estimate of drug-likeness (QED) is 0.721. The van der Waals surface area contributed by atoms with Crippen LogP contribution in [0.2, 0.25) is 0 Å². The molecule has 0 amide bonds. The second-order valence-electron chi connectivity index (χ2n) is 7.22. The number of hydrogen-bond donors (Lipinski definition) is 0. The fourth-order valence-corrected chi connectivity index (χ4v) is 3.04. The zero-order chi connectivity index (χ0) is 16.1. The van der Waals surface area contributed by atoms with Gasteiger partial charge in [-0.05, 0) is 69.7 Å². The van der Waals surface area contributed by atoms with Crippen molar-refractivity contribution >= 4 is 0 Å². The number of hydrogen-bond acceptors (Lipinski definition) is 3. The number of ether oxygens (including phenoxy) is 1. The molecule has 124 valence electrons. The van der Waals surface area contributed by atoms with E-state index in [4.69, 9.17) is 4.74 Å². The molecule has 22 heavy (non-hydrogen) atoms. The molecule has 0 bridgehead atoms. The Balaban J connectivity index is 1.82. The van der Waals surface area contributed by atoms with Crippen molar-refractivity contribution in [3.63, 3.8) is 0 Å². The average Bonchev–Trinajstić information content (AvgIpc) is 2.43. The number of rotatable bonds is 8. The van der Waals surface area contributed by atoms with E-state index in [0.29, 0.717) is 5.92 Å². The van der Waals surface area contributed by atoms with Crippen molar-refractivity contribution in [1.29, 1.82) is 0 Å². The van der Waals surface area contributed by atoms with Gasteiger partial charge in [-0.15, -0.1) is 0 Å². The first-order valence-electron chi connectivity index (χ1n) is 8.81. The Bertz CT molecular complexity index is 455. The zero-order valence-electron chi connectivity index (χ0n) is 14.9. The maximum Gasteiger partial charge on any atom is 0.213 e. The van der Waals surface area contributed by atoms with Gasteiger partial charge < -0.3 is 9.64 Å². The Morgan fingerprint density at radius 2 is 2.05 bits per heavy atom. The summed E-state index contributed by atoms with van der Waals surface area (Å²) in [6, 6.07) is 4.97. The number of pyridine rings is 1. The Kier molecular flexibility index (Phi) is 6.25. The summed E-state index contributed by atoms with van der Waals surface area (Å²) in [5.74, 6) is 2.19. The lowest BCUT2D eigenvalue weighted by molar-refractivity contribution is 0.0267. The molecule has 1 aromatic rings. The minimum Gasteiger partial charge on any atom is -0.474 e. The SMILES string of the molecule is CCN(C)C1CC([C@@H](C)Oc2cc(CCC(C)C)ccn2)C1. The Labute approximate surface area is 136 Å². The minimum atomic E-state index is 0.259. The molecule has 0 spiro atoms. The third-order valence-corrected chi connectivity index (χ3v) is 5.05.